The number of hydrogen-bond donors (Lipinski definition) is 0. The first kappa shape index (κ1) is 15.2. The lowest BCUT2D eigenvalue weighted by Gasteiger charge is -2.02. The summed E-state index contributed by atoms with van der Waals surface area (Å²) in [6.45, 7) is 1.73. The van der Waals surface area contributed by atoms with Gasteiger partial charge in [-0.25, -0.2) is 4.98 Å². The number of nitro groups is 1. The van der Waals surface area contributed by atoms with E-state index in [0.717, 1.165) is 27.6 Å². The fraction of sp³-hybridized carbons (Fsp3) is 0.118. The third kappa shape index (κ3) is 3.07. The Morgan fingerprint density at radius 1 is 1.17 bits per heavy atom. The molecule has 0 aliphatic heterocycles. The Hall–Kier alpha value is -2.73. The highest BCUT2D eigenvalue weighted by molar-refractivity contribution is 7.13. The molecule has 0 saturated heterocycles. The van der Waals surface area contributed by atoms with Gasteiger partial charge in [0.1, 0.15) is 10.8 Å². The zero-order valence-corrected chi connectivity index (χ0v) is 13.5. The van der Waals surface area contributed by atoms with Crippen LogP contribution in [0.4, 0.5) is 5.69 Å². The quantitative estimate of drug-likeness (QED) is 0.515. The first-order valence-electron chi connectivity index (χ1n) is 6.94. The molecule has 0 fully saturated rings. The first-order valence-corrected chi connectivity index (χ1v) is 7.82. The molecule has 0 aliphatic rings. The number of aryl methyl sites for hydroxylation is 1. The van der Waals surface area contributed by atoms with E-state index in [9.17, 15) is 10.1 Å². The topological polar surface area (TPSA) is 65.3 Å². The largest absolute Gasteiger partial charge is 0.497 e. The Balaban J connectivity index is 1.99. The van der Waals surface area contributed by atoms with Gasteiger partial charge in [-0.3, -0.25) is 10.1 Å². The fourth-order valence-corrected chi connectivity index (χ4v) is 3.09. The van der Waals surface area contributed by atoms with Crippen LogP contribution in [-0.4, -0.2) is 17.0 Å². The van der Waals surface area contributed by atoms with Crippen molar-refractivity contribution in [3.05, 3.63) is 63.5 Å². The van der Waals surface area contributed by atoms with Crippen molar-refractivity contribution in [3.63, 3.8) is 0 Å². The summed E-state index contributed by atoms with van der Waals surface area (Å²) in [5.41, 5.74) is 3.19. The van der Waals surface area contributed by atoms with Gasteiger partial charge in [-0.2, -0.15) is 0 Å². The average Bonchev–Trinajstić information content (AvgIpc) is 3.05. The van der Waals surface area contributed by atoms with Crippen LogP contribution in [0.25, 0.3) is 21.8 Å². The van der Waals surface area contributed by atoms with E-state index in [1.807, 2.05) is 35.7 Å². The summed E-state index contributed by atoms with van der Waals surface area (Å²) in [5, 5.41) is 13.8. The number of benzene rings is 2. The second-order valence-electron chi connectivity index (χ2n) is 5.03. The predicted octanol–water partition coefficient (Wildman–Crippen LogP) is 4.70. The molecule has 5 nitrogen and oxygen atoms in total. The minimum absolute atomic E-state index is 0.110. The van der Waals surface area contributed by atoms with Crippen molar-refractivity contribution in [3.8, 4) is 27.6 Å². The van der Waals surface area contributed by atoms with Gasteiger partial charge in [-0.1, -0.05) is 24.3 Å². The van der Waals surface area contributed by atoms with Crippen LogP contribution in [0.15, 0.2) is 47.8 Å². The van der Waals surface area contributed by atoms with Crippen LogP contribution >= 0.6 is 11.3 Å². The number of aromatic nitrogens is 1. The van der Waals surface area contributed by atoms with E-state index >= 15 is 0 Å². The zero-order chi connectivity index (χ0) is 16.4. The number of hydrogen-bond acceptors (Lipinski definition) is 5. The van der Waals surface area contributed by atoms with E-state index in [2.05, 4.69) is 4.98 Å². The summed E-state index contributed by atoms with van der Waals surface area (Å²) in [5.74, 6) is 0.769. The van der Waals surface area contributed by atoms with E-state index in [0.29, 0.717) is 5.56 Å². The van der Waals surface area contributed by atoms with Crippen molar-refractivity contribution < 1.29 is 9.66 Å². The minimum atomic E-state index is -0.367. The molecule has 0 spiro atoms. The SMILES string of the molecule is COc1cccc(-c2nc(-c3ccc(C)c([N+](=O)[O-])c3)cs2)c1. The van der Waals surface area contributed by atoms with Gasteiger partial charge in [-0.15, -0.1) is 11.3 Å². The number of nitrogens with zero attached hydrogens (tertiary/aromatic N) is 2. The van der Waals surface area contributed by atoms with Crippen molar-refractivity contribution in [2.75, 3.05) is 7.11 Å². The van der Waals surface area contributed by atoms with Crippen LogP contribution in [0.1, 0.15) is 5.56 Å². The average molecular weight is 326 g/mol. The smallest absolute Gasteiger partial charge is 0.272 e. The molecule has 0 N–H and O–H groups in total. The van der Waals surface area contributed by atoms with Crippen LogP contribution in [0.3, 0.4) is 0 Å². The highest BCUT2D eigenvalue weighted by Gasteiger charge is 2.14. The molecule has 6 heteroatoms. The number of methoxy groups -OCH3 is 1. The summed E-state index contributed by atoms with van der Waals surface area (Å²) in [6, 6.07) is 12.8. The molecule has 0 unspecified atom stereocenters. The lowest BCUT2D eigenvalue weighted by molar-refractivity contribution is -0.385. The predicted molar refractivity (Wildman–Crippen MR) is 90.9 cm³/mol. The van der Waals surface area contributed by atoms with Crippen LogP contribution in [-0.2, 0) is 0 Å². The summed E-state index contributed by atoms with van der Waals surface area (Å²) >= 11 is 1.50. The van der Waals surface area contributed by atoms with E-state index < -0.39 is 0 Å². The zero-order valence-electron chi connectivity index (χ0n) is 12.6. The number of ether oxygens (including phenoxy) is 1. The number of nitro benzene ring substituents is 1. The van der Waals surface area contributed by atoms with Crippen molar-refractivity contribution in [2.24, 2.45) is 0 Å². The molecular weight excluding hydrogens is 312 g/mol. The molecule has 1 aromatic heterocycles. The van der Waals surface area contributed by atoms with Crippen molar-refractivity contribution in [1.82, 2.24) is 4.98 Å². The monoisotopic (exact) mass is 326 g/mol. The molecule has 23 heavy (non-hydrogen) atoms. The molecule has 2 aromatic carbocycles. The second-order valence-corrected chi connectivity index (χ2v) is 5.89. The summed E-state index contributed by atoms with van der Waals surface area (Å²) in [4.78, 5) is 15.3. The Kier molecular flexibility index (Phi) is 4.08. The van der Waals surface area contributed by atoms with Gasteiger partial charge in [0.15, 0.2) is 0 Å². The van der Waals surface area contributed by atoms with Crippen molar-refractivity contribution in [1.29, 1.82) is 0 Å². The van der Waals surface area contributed by atoms with Gasteiger partial charge < -0.3 is 4.74 Å². The molecule has 0 radical (unpaired) electrons. The normalized spacial score (nSPS) is 10.5. The molecule has 0 saturated carbocycles. The molecule has 3 aromatic rings. The van der Waals surface area contributed by atoms with Crippen LogP contribution < -0.4 is 4.74 Å². The maximum atomic E-state index is 11.1. The number of rotatable bonds is 4. The van der Waals surface area contributed by atoms with Crippen LogP contribution in [0, 0.1) is 17.0 Å². The Labute approximate surface area is 137 Å². The first-order chi connectivity index (χ1) is 11.1. The van der Waals surface area contributed by atoms with Gasteiger partial charge in [0, 0.05) is 28.1 Å². The molecule has 0 atom stereocenters. The summed E-state index contributed by atoms with van der Waals surface area (Å²) < 4.78 is 5.22. The molecule has 0 aliphatic carbocycles. The molecule has 0 amide bonds. The molecule has 1 heterocycles. The molecule has 3 rings (SSSR count). The molecule has 0 bridgehead atoms. The van der Waals surface area contributed by atoms with Gasteiger partial charge in [-0.05, 0) is 19.1 Å². The highest BCUT2D eigenvalue weighted by Crippen LogP contribution is 2.32. The Bertz CT molecular complexity index is 874. The Morgan fingerprint density at radius 2 is 2.00 bits per heavy atom. The number of thiazole rings is 1. The van der Waals surface area contributed by atoms with E-state index in [1.165, 1.54) is 11.3 Å². The standard InChI is InChI=1S/C17H14N2O3S/c1-11-6-7-12(9-16(11)19(20)21)15-10-23-17(18-15)13-4-3-5-14(8-13)22-2/h3-10H,1-2H3. The van der Waals surface area contributed by atoms with Gasteiger partial charge in [0.25, 0.3) is 5.69 Å². The van der Waals surface area contributed by atoms with E-state index in [4.69, 9.17) is 4.74 Å². The van der Waals surface area contributed by atoms with Gasteiger partial charge >= 0.3 is 0 Å². The summed E-state index contributed by atoms with van der Waals surface area (Å²) in [6.07, 6.45) is 0. The second kappa shape index (κ2) is 6.18. The molecular formula is C17H14N2O3S. The lowest BCUT2D eigenvalue weighted by atomic mass is 10.1. The van der Waals surface area contributed by atoms with Crippen LogP contribution in [0.2, 0.25) is 0 Å². The molecule has 116 valence electrons. The fourth-order valence-electron chi connectivity index (χ4n) is 2.26. The van der Waals surface area contributed by atoms with Gasteiger partial charge in [0.05, 0.1) is 17.7 Å². The maximum Gasteiger partial charge on any atom is 0.272 e. The third-order valence-corrected chi connectivity index (χ3v) is 4.41. The maximum absolute atomic E-state index is 11.1. The third-order valence-electron chi connectivity index (χ3n) is 3.52. The highest BCUT2D eigenvalue weighted by atomic mass is 32.1. The Morgan fingerprint density at radius 3 is 2.74 bits per heavy atom. The summed E-state index contributed by atoms with van der Waals surface area (Å²) in [7, 11) is 1.62. The van der Waals surface area contributed by atoms with Crippen LogP contribution in [0.5, 0.6) is 5.75 Å². The van der Waals surface area contributed by atoms with Gasteiger partial charge in [0.2, 0.25) is 0 Å². The minimum Gasteiger partial charge on any atom is -0.497 e. The van der Waals surface area contributed by atoms with E-state index in [1.54, 1.807) is 26.2 Å². The van der Waals surface area contributed by atoms with Crippen molar-refractivity contribution >= 4 is 17.0 Å². The van der Waals surface area contributed by atoms with Crippen molar-refractivity contribution in [2.45, 2.75) is 6.92 Å². The van der Waals surface area contributed by atoms with E-state index in [-0.39, 0.29) is 10.6 Å². The lowest BCUT2D eigenvalue weighted by Crippen LogP contribution is -1.92.